The Morgan fingerprint density at radius 1 is 1.67 bits per heavy atom. The van der Waals surface area contributed by atoms with Crippen molar-refractivity contribution in [3.63, 3.8) is 0 Å². The molecule has 3 nitrogen and oxygen atoms in total. The highest BCUT2D eigenvalue weighted by Gasteiger charge is 2.08. The zero-order chi connectivity index (χ0) is 11.3. The molecule has 0 aliphatic rings. The highest BCUT2D eigenvalue weighted by molar-refractivity contribution is 7.11. The molecule has 0 aromatic carbocycles. The van der Waals surface area contributed by atoms with E-state index in [1.807, 2.05) is 0 Å². The lowest BCUT2D eigenvalue weighted by atomic mass is 10.1. The number of thiophene rings is 1. The summed E-state index contributed by atoms with van der Waals surface area (Å²) >= 11 is 1.74. The number of carbonyl (C=O) groups excluding carboxylic acids is 1. The van der Waals surface area contributed by atoms with E-state index in [2.05, 4.69) is 30.4 Å². The molecule has 80 valence electrons. The Labute approximate surface area is 93.7 Å². The van der Waals surface area contributed by atoms with Gasteiger partial charge in [-0.15, -0.1) is 11.3 Å². The fraction of sp³-hybridized carbons (Fsp3) is 0.455. The number of nitrogens with one attached hydrogen (secondary N) is 1. The number of nitrogens with zero attached hydrogens (tertiary/aromatic N) is 1. The smallest absolute Gasteiger partial charge is 0.217 e. The second-order valence-corrected chi connectivity index (χ2v) is 4.81. The number of amides is 1. The second-order valence-electron chi connectivity index (χ2n) is 3.43. The summed E-state index contributed by atoms with van der Waals surface area (Å²) in [5.74, 6) is -0.149. The van der Waals surface area contributed by atoms with Crippen LogP contribution in [0.3, 0.4) is 0 Å². The van der Waals surface area contributed by atoms with Crippen molar-refractivity contribution in [1.82, 2.24) is 5.32 Å². The minimum atomic E-state index is -0.370. The third-order valence-electron chi connectivity index (χ3n) is 2.01. The number of aryl methyl sites for hydroxylation is 2. The van der Waals surface area contributed by atoms with Crippen molar-refractivity contribution in [2.24, 2.45) is 0 Å². The normalized spacial score (nSPS) is 11.8. The van der Waals surface area contributed by atoms with E-state index in [9.17, 15) is 4.79 Å². The molecule has 0 saturated heterocycles. The fourth-order valence-corrected chi connectivity index (χ4v) is 2.23. The Bertz CT molecular complexity index is 378. The van der Waals surface area contributed by atoms with E-state index in [1.54, 1.807) is 11.3 Å². The van der Waals surface area contributed by atoms with Crippen molar-refractivity contribution in [2.45, 2.75) is 32.7 Å². The molecule has 1 atom stereocenters. The second kappa shape index (κ2) is 5.52. The zero-order valence-electron chi connectivity index (χ0n) is 8.91. The lowest BCUT2D eigenvalue weighted by Gasteiger charge is -2.08. The van der Waals surface area contributed by atoms with Crippen LogP contribution in [-0.4, -0.2) is 11.9 Å². The summed E-state index contributed by atoms with van der Waals surface area (Å²) in [7, 11) is 0. The zero-order valence-corrected chi connectivity index (χ0v) is 9.73. The first-order chi connectivity index (χ1) is 7.11. The molecule has 0 aliphatic carbocycles. The summed E-state index contributed by atoms with van der Waals surface area (Å²) in [5.41, 5.74) is 0. The molecule has 0 radical (unpaired) electrons. The molecular formula is C11H14N2OS. The van der Waals surface area contributed by atoms with Gasteiger partial charge in [-0.2, -0.15) is 5.26 Å². The number of nitriles is 1. The van der Waals surface area contributed by atoms with Crippen molar-refractivity contribution in [3.05, 3.63) is 21.9 Å². The SMILES string of the molecule is CC(=O)NC(C#N)CCc1ccc(C)s1. The molecule has 4 heteroatoms. The molecule has 1 unspecified atom stereocenters. The molecule has 15 heavy (non-hydrogen) atoms. The summed E-state index contributed by atoms with van der Waals surface area (Å²) in [5, 5.41) is 11.4. The summed E-state index contributed by atoms with van der Waals surface area (Å²) in [6, 6.07) is 5.85. The molecule has 0 spiro atoms. The Balaban J connectivity index is 2.41. The Morgan fingerprint density at radius 2 is 2.40 bits per heavy atom. The van der Waals surface area contributed by atoms with Crippen molar-refractivity contribution in [1.29, 1.82) is 5.26 Å². The minimum absolute atomic E-state index is 0.149. The standard InChI is InChI=1S/C11H14N2OS/c1-8-3-5-11(15-8)6-4-10(7-12)13-9(2)14/h3,5,10H,4,6H2,1-2H3,(H,13,14). The third kappa shape index (κ3) is 4.13. The van der Waals surface area contributed by atoms with E-state index < -0.39 is 0 Å². The largest absolute Gasteiger partial charge is 0.341 e. The summed E-state index contributed by atoms with van der Waals surface area (Å²) in [4.78, 5) is 13.3. The number of hydrogen-bond donors (Lipinski definition) is 1. The van der Waals surface area contributed by atoms with Crippen LogP contribution in [0.15, 0.2) is 12.1 Å². The molecule has 0 fully saturated rings. The minimum Gasteiger partial charge on any atom is -0.341 e. The topological polar surface area (TPSA) is 52.9 Å². The first-order valence-corrected chi connectivity index (χ1v) is 5.65. The van der Waals surface area contributed by atoms with Gasteiger partial charge < -0.3 is 5.32 Å². The number of rotatable bonds is 4. The molecule has 1 amide bonds. The van der Waals surface area contributed by atoms with Gasteiger partial charge in [0.25, 0.3) is 0 Å². The van der Waals surface area contributed by atoms with Crippen molar-refractivity contribution >= 4 is 17.2 Å². The first kappa shape index (κ1) is 11.7. The lowest BCUT2D eigenvalue weighted by Crippen LogP contribution is -2.31. The Kier molecular flexibility index (Phi) is 4.32. The summed E-state index contributed by atoms with van der Waals surface area (Å²) in [6.45, 7) is 3.49. The van der Waals surface area contributed by atoms with Gasteiger partial charge in [0.1, 0.15) is 6.04 Å². The number of hydrogen-bond acceptors (Lipinski definition) is 3. The molecule has 0 aliphatic heterocycles. The van der Waals surface area contributed by atoms with Crippen LogP contribution in [0.5, 0.6) is 0 Å². The van der Waals surface area contributed by atoms with E-state index in [4.69, 9.17) is 5.26 Å². The number of carbonyl (C=O) groups is 1. The average molecular weight is 222 g/mol. The first-order valence-electron chi connectivity index (χ1n) is 4.84. The van der Waals surface area contributed by atoms with Crippen LogP contribution in [0.4, 0.5) is 0 Å². The molecule has 0 bridgehead atoms. The van der Waals surface area contributed by atoms with Gasteiger partial charge in [0, 0.05) is 16.7 Å². The van der Waals surface area contributed by atoms with Gasteiger partial charge >= 0.3 is 0 Å². The monoisotopic (exact) mass is 222 g/mol. The maximum absolute atomic E-state index is 10.8. The highest BCUT2D eigenvalue weighted by atomic mass is 32.1. The van der Waals surface area contributed by atoms with Gasteiger partial charge in [0.15, 0.2) is 0 Å². The molecule has 1 aromatic rings. The fourth-order valence-electron chi connectivity index (χ4n) is 1.32. The van der Waals surface area contributed by atoms with Gasteiger partial charge in [-0.3, -0.25) is 4.79 Å². The van der Waals surface area contributed by atoms with Crippen molar-refractivity contribution < 1.29 is 4.79 Å². The van der Waals surface area contributed by atoms with Crippen LogP contribution in [0.1, 0.15) is 23.1 Å². The van der Waals surface area contributed by atoms with Gasteiger partial charge in [0.05, 0.1) is 6.07 Å². The molecule has 1 rings (SSSR count). The lowest BCUT2D eigenvalue weighted by molar-refractivity contribution is -0.119. The van der Waals surface area contributed by atoms with Gasteiger partial charge in [-0.25, -0.2) is 0 Å². The van der Waals surface area contributed by atoms with Crippen LogP contribution in [0.25, 0.3) is 0 Å². The van der Waals surface area contributed by atoms with Crippen LogP contribution in [0.2, 0.25) is 0 Å². The van der Waals surface area contributed by atoms with Gasteiger partial charge in [0.2, 0.25) is 5.91 Å². The third-order valence-corrected chi connectivity index (χ3v) is 3.07. The van der Waals surface area contributed by atoms with Crippen LogP contribution < -0.4 is 5.32 Å². The molecule has 0 saturated carbocycles. The highest BCUT2D eigenvalue weighted by Crippen LogP contribution is 2.17. The summed E-state index contributed by atoms with van der Waals surface area (Å²) < 4.78 is 0. The summed E-state index contributed by atoms with van der Waals surface area (Å²) in [6.07, 6.45) is 1.52. The molecular weight excluding hydrogens is 208 g/mol. The molecule has 1 N–H and O–H groups in total. The predicted molar refractivity (Wildman–Crippen MR) is 60.6 cm³/mol. The Morgan fingerprint density at radius 3 is 2.87 bits per heavy atom. The molecule has 1 aromatic heterocycles. The van der Waals surface area contributed by atoms with Crippen molar-refractivity contribution in [2.75, 3.05) is 0 Å². The predicted octanol–water partition coefficient (Wildman–Crippen LogP) is 2.02. The maximum atomic E-state index is 10.8. The van der Waals surface area contributed by atoms with E-state index in [0.29, 0.717) is 6.42 Å². The van der Waals surface area contributed by atoms with E-state index in [0.717, 1.165) is 6.42 Å². The quantitative estimate of drug-likeness (QED) is 0.847. The van der Waals surface area contributed by atoms with Crippen LogP contribution >= 0.6 is 11.3 Å². The van der Waals surface area contributed by atoms with E-state index in [-0.39, 0.29) is 11.9 Å². The average Bonchev–Trinajstić information content (AvgIpc) is 2.58. The van der Waals surface area contributed by atoms with Crippen LogP contribution in [0, 0.1) is 18.3 Å². The van der Waals surface area contributed by atoms with Crippen LogP contribution in [-0.2, 0) is 11.2 Å². The maximum Gasteiger partial charge on any atom is 0.217 e. The van der Waals surface area contributed by atoms with Crippen molar-refractivity contribution in [3.8, 4) is 6.07 Å². The van der Waals surface area contributed by atoms with E-state index >= 15 is 0 Å². The molecule has 1 heterocycles. The Hall–Kier alpha value is -1.34. The van der Waals surface area contributed by atoms with Gasteiger partial charge in [-0.1, -0.05) is 0 Å². The van der Waals surface area contributed by atoms with E-state index in [1.165, 1.54) is 16.7 Å². The van der Waals surface area contributed by atoms with Gasteiger partial charge in [-0.05, 0) is 31.9 Å².